The van der Waals surface area contributed by atoms with Gasteiger partial charge in [0.2, 0.25) is 0 Å². The van der Waals surface area contributed by atoms with Crippen LogP contribution in [0.3, 0.4) is 0 Å². The van der Waals surface area contributed by atoms with Crippen LogP contribution in [-0.4, -0.2) is 4.98 Å². The molecule has 1 heterocycles. The Morgan fingerprint density at radius 1 is 1.70 bits per heavy atom. The van der Waals surface area contributed by atoms with E-state index in [1.807, 2.05) is 22.6 Å². The number of pyridine rings is 1. The van der Waals surface area contributed by atoms with Gasteiger partial charge in [0.15, 0.2) is 0 Å². The summed E-state index contributed by atoms with van der Waals surface area (Å²) in [6, 6.07) is 1.71. The monoisotopic (exact) mass is 315 g/mol. The first-order valence-corrected chi connectivity index (χ1v) is 4.47. The molecule has 0 aliphatic rings. The summed E-state index contributed by atoms with van der Waals surface area (Å²) in [5, 5.41) is 0. The van der Waals surface area contributed by atoms with Gasteiger partial charge in [0.1, 0.15) is 10.4 Å². The molecule has 0 unspecified atom stereocenters. The minimum atomic E-state index is -0.445. The zero-order valence-electron chi connectivity index (χ0n) is 4.94. The molecule has 0 saturated carbocycles. The minimum Gasteiger partial charge on any atom is -0.249 e. The summed E-state index contributed by atoms with van der Waals surface area (Å²) < 4.78 is 13.7. The lowest BCUT2D eigenvalue weighted by atomic mass is 10.3. The van der Waals surface area contributed by atoms with Crippen LogP contribution in [0, 0.1) is 3.70 Å². The number of rotatable bonds is 1. The summed E-state index contributed by atoms with van der Waals surface area (Å²) in [6.07, 6.45) is 1.61. The van der Waals surface area contributed by atoms with E-state index in [1.165, 1.54) is 0 Å². The largest absolute Gasteiger partial charge is 0.249 e. The Hall–Kier alpha value is 0.290. The maximum absolute atomic E-state index is 12.1. The zero-order chi connectivity index (χ0) is 7.56. The molecule has 0 saturated heterocycles. The Bertz CT molecular complexity index is 241. The van der Waals surface area contributed by atoms with Gasteiger partial charge in [-0.05, 0) is 44.6 Å². The lowest BCUT2D eigenvalue weighted by Gasteiger charge is -1.97. The summed E-state index contributed by atoms with van der Waals surface area (Å²) in [7, 11) is 0. The van der Waals surface area contributed by atoms with E-state index in [9.17, 15) is 4.39 Å². The molecule has 0 aliphatic heterocycles. The van der Waals surface area contributed by atoms with E-state index in [0.29, 0.717) is 5.56 Å². The Morgan fingerprint density at radius 2 is 2.40 bits per heavy atom. The summed E-state index contributed by atoms with van der Waals surface area (Å²) in [5.74, 6) is 0. The molecule has 1 rings (SSSR count). The molecular weight excluding hydrogens is 312 g/mol. The molecule has 1 nitrogen and oxygen atoms in total. The molecule has 1 aromatic heterocycles. The zero-order valence-corrected chi connectivity index (χ0v) is 8.69. The summed E-state index contributed by atoms with van der Waals surface area (Å²) in [4.78, 5) is 3.96. The van der Waals surface area contributed by atoms with E-state index in [0.717, 1.165) is 8.17 Å². The van der Waals surface area contributed by atoms with Gasteiger partial charge >= 0.3 is 0 Å². The van der Waals surface area contributed by atoms with Crippen molar-refractivity contribution in [2.75, 3.05) is 0 Å². The van der Waals surface area contributed by atoms with Gasteiger partial charge in [0, 0.05) is 16.2 Å². The SMILES string of the molecule is FCc1cc(I)ncc1Br. The van der Waals surface area contributed by atoms with Gasteiger partial charge in [0.05, 0.1) is 0 Å². The van der Waals surface area contributed by atoms with Crippen LogP contribution in [0.15, 0.2) is 16.7 Å². The number of hydrogen-bond acceptors (Lipinski definition) is 1. The molecule has 10 heavy (non-hydrogen) atoms. The first-order valence-electron chi connectivity index (χ1n) is 2.60. The summed E-state index contributed by atoms with van der Waals surface area (Å²) >= 11 is 5.23. The second-order valence-corrected chi connectivity index (χ2v) is 3.69. The highest BCUT2D eigenvalue weighted by atomic mass is 127. The summed E-state index contributed by atoms with van der Waals surface area (Å²) in [6.45, 7) is -0.445. The maximum Gasteiger partial charge on any atom is 0.116 e. The Labute approximate surface area is 80.3 Å². The number of nitrogens with zero attached hydrogens (tertiary/aromatic N) is 1. The fourth-order valence-electron chi connectivity index (χ4n) is 0.554. The molecule has 0 N–H and O–H groups in total. The number of hydrogen-bond donors (Lipinski definition) is 0. The van der Waals surface area contributed by atoms with Crippen LogP contribution < -0.4 is 0 Å². The van der Waals surface area contributed by atoms with Crippen LogP contribution >= 0.6 is 38.5 Å². The molecule has 0 bridgehead atoms. The van der Waals surface area contributed by atoms with Crippen LogP contribution in [0.2, 0.25) is 0 Å². The van der Waals surface area contributed by atoms with Gasteiger partial charge in [-0.1, -0.05) is 0 Å². The van der Waals surface area contributed by atoms with Crippen molar-refractivity contribution in [2.24, 2.45) is 0 Å². The van der Waals surface area contributed by atoms with Crippen molar-refractivity contribution in [3.63, 3.8) is 0 Å². The van der Waals surface area contributed by atoms with E-state index in [2.05, 4.69) is 20.9 Å². The van der Waals surface area contributed by atoms with Gasteiger partial charge in [-0.2, -0.15) is 0 Å². The predicted octanol–water partition coefficient (Wildman–Crippen LogP) is 2.92. The van der Waals surface area contributed by atoms with Crippen LogP contribution in [0.1, 0.15) is 5.56 Å². The van der Waals surface area contributed by atoms with Gasteiger partial charge in [0.25, 0.3) is 0 Å². The maximum atomic E-state index is 12.1. The molecule has 4 heteroatoms. The first kappa shape index (κ1) is 8.39. The van der Waals surface area contributed by atoms with Gasteiger partial charge in [-0.3, -0.25) is 0 Å². The molecule has 1 aromatic rings. The second-order valence-electron chi connectivity index (χ2n) is 1.73. The molecular formula is C6H4BrFIN. The third kappa shape index (κ3) is 1.88. The number of alkyl halides is 1. The second kappa shape index (κ2) is 3.61. The van der Waals surface area contributed by atoms with Gasteiger partial charge in [-0.15, -0.1) is 0 Å². The Kier molecular flexibility index (Phi) is 3.03. The van der Waals surface area contributed by atoms with E-state index in [4.69, 9.17) is 0 Å². The first-order chi connectivity index (χ1) is 4.74. The number of aromatic nitrogens is 1. The normalized spacial score (nSPS) is 9.90. The molecule has 0 aliphatic carbocycles. The third-order valence-corrected chi connectivity index (χ3v) is 2.35. The lowest BCUT2D eigenvalue weighted by molar-refractivity contribution is 0.483. The van der Waals surface area contributed by atoms with Gasteiger partial charge < -0.3 is 0 Å². The lowest BCUT2D eigenvalue weighted by Crippen LogP contribution is -1.86. The quantitative estimate of drug-likeness (QED) is 0.573. The average molecular weight is 316 g/mol. The van der Waals surface area contributed by atoms with Crippen LogP contribution in [0.4, 0.5) is 4.39 Å². The molecule has 0 atom stereocenters. The standard InChI is InChI=1S/C6H4BrFIN/c7-5-3-10-6(9)1-4(5)2-8/h1,3H,2H2. The molecule has 0 aromatic carbocycles. The highest BCUT2D eigenvalue weighted by Gasteiger charge is 1.99. The van der Waals surface area contributed by atoms with Crippen molar-refractivity contribution in [1.82, 2.24) is 4.98 Å². The topological polar surface area (TPSA) is 12.9 Å². The van der Waals surface area contributed by atoms with Crippen molar-refractivity contribution >= 4 is 38.5 Å². The van der Waals surface area contributed by atoms with E-state index < -0.39 is 6.67 Å². The minimum absolute atomic E-state index is 0.445. The highest BCUT2D eigenvalue weighted by Crippen LogP contribution is 2.17. The van der Waals surface area contributed by atoms with Gasteiger partial charge in [-0.25, -0.2) is 9.37 Å². The van der Waals surface area contributed by atoms with Crippen molar-refractivity contribution < 1.29 is 4.39 Å². The Morgan fingerprint density at radius 3 is 2.90 bits per heavy atom. The molecule has 0 amide bonds. The van der Waals surface area contributed by atoms with Crippen molar-refractivity contribution in [3.8, 4) is 0 Å². The van der Waals surface area contributed by atoms with Crippen molar-refractivity contribution in [3.05, 3.63) is 26.0 Å². The van der Waals surface area contributed by atoms with Crippen LogP contribution in [0.25, 0.3) is 0 Å². The molecule has 0 spiro atoms. The molecule has 54 valence electrons. The van der Waals surface area contributed by atoms with Crippen molar-refractivity contribution in [1.29, 1.82) is 0 Å². The van der Waals surface area contributed by atoms with Crippen LogP contribution in [-0.2, 0) is 6.67 Å². The third-order valence-electron chi connectivity index (χ3n) is 1.05. The van der Waals surface area contributed by atoms with Crippen molar-refractivity contribution in [2.45, 2.75) is 6.67 Å². The van der Waals surface area contributed by atoms with E-state index in [-0.39, 0.29) is 0 Å². The summed E-state index contributed by atoms with van der Waals surface area (Å²) in [5.41, 5.74) is 0.652. The number of halogens is 3. The highest BCUT2D eigenvalue weighted by molar-refractivity contribution is 14.1. The molecule has 0 radical (unpaired) electrons. The van der Waals surface area contributed by atoms with E-state index in [1.54, 1.807) is 12.3 Å². The Balaban J connectivity index is 3.09. The van der Waals surface area contributed by atoms with E-state index >= 15 is 0 Å². The average Bonchev–Trinajstić information content (AvgIpc) is 1.94. The fourth-order valence-corrected chi connectivity index (χ4v) is 1.39. The molecule has 0 fully saturated rings. The fraction of sp³-hybridized carbons (Fsp3) is 0.167. The predicted molar refractivity (Wildman–Crippen MR) is 49.5 cm³/mol. The van der Waals surface area contributed by atoms with Crippen LogP contribution in [0.5, 0.6) is 0 Å². The smallest absolute Gasteiger partial charge is 0.116 e.